The van der Waals surface area contributed by atoms with Gasteiger partial charge in [-0.2, -0.15) is 0 Å². The van der Waals surface area contributed by atoms with E-state index in [1.54, 1.807) is 23.5 Å². The highest BCUT2D eigenvalue weighted by Gasteiger charge is 2.15. The standard InChI is InChI=1S/C19H21FN2OS/c1-22(2)17(19-8-5-11-24-19)13-21-12-14-9-10-18(23-14)15-6-3-4-7-16(15)20/h3-11,17,21H,12-13H2,1-2H3/t17-/m1/s1. The van der Waals surface area contributed by atoms with Crippen LogP contribution in [0.1, 0.15) is 16.7 Å². The van der Waals surface area contributed by atoms with E-state index in [0.717, 1.165) is 12.3 Å². The van der Waals surface area contributed by atoms with E-state index in [1.807, 2.05) is 18.2 Å². The summed E-state index contributed by atoms with van der Waals surface area (Å²) in [5.41, 5.74) is 0.494. The van der Waals surface area contributed by atoms with Crippen molar-refractivity contribution in [1.82, 2.24) is 10.2 Å². The van der Waals surface area contributed by atoms with Crippen LogP contribution in [-0.2, 0) is 6.54 Å². The van der Waals surface area contributed by atoms with E-state index in [1.165, 1.54) is 10.9 Å². The average Bonchev–Trinajstić information content (AvgIpc) is 3.23. The molecule has 0 unspecified atom stereocenters. The predicted octanol–water partition coefficient (Wildman–Crippen LogP) is 4.54. The highest BCUT2D eigenvalue weighted by Crippen LogP contribution is 2.25. The maximum absolute atomic E-state index is 13.8. The fraction of sp³-hybridized carbons (Fsp3) is 0.263. The fourth-order valence-electron chi connectivity index (χ4n) is 2.63. The van der Waals surface area contributed by atoms with Crippen LogP contribution in [0, 0.1) is 5.82 Å². The molecule has 0 amide bonds. The number of hydrogen-bond donors (Lipinski definition) is 1. The van der Waals surface area contributed by atoms with Gasteiger partial charge in [0, 0.05) is 11.4 Å². The van der Waals surface area contributed by atoms with Crippen molar-refractivity contribution in [3.63, 3.8) is 0 Å². The van der Waals surface area contributed by atoms with Gasteiger partial charge < -0.3 is 14.6 Å². The quantitative estimate of drug-likeness (QED) is 0.682. The summed E-state index contributed by atoms with van der Waals surface area (Å²) in [5.74, 6) is 1.10. The number of thiophene rings is 1. The first-order valence-corrected chi connectivity index (χ1v) is 8.77. The number of furan rings is 1. The average molecular weight is 344 g/mol. The van der Waals surface area contributed by atoms with Crippen molar-refractivity contribution in [2.45, 2.75) is 12.6 Å². The summed E-state index contributed by atoms with van der Waals surface area (Å²) in [6.45, 7) is 1.44. The maximum atomic E-state index is 13.8. The van der Waals surface area contributed by atoms with Crippen LogP contribution in [0.3, 0.4) is 0 Å². The molecule has 0 aliphatic carbocycles. The Bertz CT molecular complexity index is 767. The van der Waals surface area contributed by atoms with Gasteiger partial charge in [-0.05, 0) is 49.8 Å². The number of hydrogen-bond acceptors (Lipinski definition) is 4. The second kappa shape index (κ2) is 7.75. The largest absolute Gasteiger partial charge is 0.460 e. The van der Waals surface area contributed by atoms with Gasteiger partial charge >= 0.3 is 0 Å². The number of rotatable bonds is 7. The normalized spacial score (nSPS) is 12.7. The minimum atomic E-state index is -0.267. The Hall–Kier alpha value is -1.95. The second-order valence-electron chi connectivity index (χ2n) is 5.87. The van der Waals surface area contributed by atoms with Gasteiger partial charge in [0.05, 0.1) is 18.2 Å². The summed E-state index contributed by atoms with van der Waals surface area (Å²) in [5, 5.41) is 5.52. The zero-order valence-corrected chi connectivity index (χ0v) is 14.6. The van der Waals surface area contributed by atoms with Gasteiger partial charge in [0.15, 0.2) is 0 Å². The van der Waals surface area contributed by atoms with Crippen LogP contribution in [0.5, 0.6) is 0 Å². The van der Waals surface area contributed by atoms with Crippen LogP contribution in [0.15, 0.2) is 58.3 Å². The molecule has 0 spiro atoms. The van der Waals surface area contributed by atoms with Crippen LogP contribution >= 0.6 is 11.3 Å². The SMILES string of the molecule is CN(C)[C@H](CNCc1ccc(-c2ccccc2F)o1)c1cccs1. The molecule has 3 nitrogen and oxygen atoms in total. The molecule has 0 bridgehead atoms. The zero-order chi connectivity index (χ0) is 16.9. The Labute approximate surface area is 145 Å². The van der Waals surface area contributed by atoms with Gasteiger partial charge in [-0.15, -0.1) is 11.3 Å². The van der Waals surface area contributed by atoms with Crippen LogP contribution < -0.4 is 5.32 Å². The Morgan fingerprint density at radius 2 is 1.96 bits per heavy atom. The summed E-state index contributed by atoms with van der Waals surface area (Å²) >= 11 is 1.76. The molecule has 2 aromatic heterocycles. The molecular weight excluding hydrogens is 323 g/mol. The van der Waals surface area contributed by atoms with Gasteiger partial charge in [0.1, 0.15) is 17.3 Å². The number of benzene rings is 1. The molecule has 2 heterocycles. The lowest BCUT2D eigenvalue weighted by molar-refractivity contribution is 0.289. The Morgan fingerprint density at radius 3 is 2.67 bits per heavy atom. The molecule has 1 aromatic carbocycles. The Balaban J connectivity index is 1.60. The lowest BCUT2D eigenvalue weighted by Gasteiger charge is -2.23. The van der Waals surface area contributed by atoms with E-state index >= 15 is 0 Å². The molecule has 24 heavy (non-hydrogen) atoms. The van der Waals surface area contributed by atoms with E-state index < -0.39 is 0 Å². The molecular formula is C19H21FN2OS. The molecule has 5 heteroatoms. The number of halogens is 1. The first kappa shape index (κ1) is 16.9. The third kappa shape index (κ3) is 3.93. The molecule has 126 valence electrons. The first-order chi connectivity index (χ1) is 11.6. The molecule has 0 aliphatic heterocycles. The van der Waals surface area contributed by atoms with Crippen LogP contribution in [0.4, 0.5) is 4.39 Å². The molecule has 0 radical (unpaired) electrons. The molecule has 0 saturated heterocycles. The summed E-state index contributed by atoms with van der Waals surface area (Å²) in [6, 6.07) is 14.9. The molecule has 3 aromatic rings. The summed E-state index contributed by atoms with van der Waals surface area (Å²) in [4.78, 5) is 3.53. The van der Waals surface area contributed by atoms with Crippen molar-refractivity contribution in [3.8, 4) is 11.3 Å². The van der Waals surface area contributed by atoms with Crippen molar-refractivity contribution in [1.29, 1.82) is 0 Å². The minimum absolute atomic E-state index is 0.267. The van der Waals surface area contributed by atoms with Crippen LogP contribution in [0.2, 0.25) is 0 Å². The predicted molar refractivity (Wildman–Crippen MR) is 96.6 cm³/mol. The fourth-order valence-corrected chi connectivity index (χ4v) is 3.55. The molecule has 0 aliphatic rings. The third-order valence-corrected chi connectivity index (χ3v) is 4.91. The molecule has 3 rings (SSSR count). The van der Waals surface area contributed by atoms with E-state index in [9.17, 15) is 4.39 Å². The lowest BCUT2D eigenvalue weighted by Crippen LogP contribution is -2.30. The van der Waals surface area contributed by atoms with E-state index in [-0.39, 0.29) is 5.82 Å². The minimum Gasteiger partial charge on any atom is -0.460 e. The first-order valence-electron chi connectivity index (χ1n) is 7.89. The van der Waals surface area contributed by atoms with Crippen molar-refractivity contribution < 1.29 is 8.81 Å². The van der Waals surface area contributed by atoms with E-state index in [4.69, 9.17) is 4.42 Å². The Kier molecular flexibility index (Phi) is 5.45. The highest BCUT2D eigenvalue weighted by molar-refractivity contribution is 7.10. The van der Waals surface area contributed by atoms with Crippen molar-refractivity contribution in [2.24, 2.45) is 0 Å². The molecule has 1 atom stereocenters. The summed E-state index contributed by atoms with van der Waals surface area (Å²) in [7, 11) is 4.16. The summed E-state index contributed by atoms with van der Waals surface area (Å²) < 4.78 is 19.6. The maximum Gasteiger partial charge on any atom is 0.137 e. The highest BCUT2D eigenvalue weighted by atomic mass is 32.1. The zero-order valence-electron chi connectivity index (χ0n) is 13.8. The van der Waals surface area contributed by atoms with Gasteiger partial charge in [-0.1, -0.05) is 18.2 Å². The smallest absolute Gasteiger partial charge is 0.137 e. The monoisotopic (exact) mass is 344 g/mol. The Morgan fingerprint density at radius 1 is 1.12 bits per heavy atom. The van der Waals surface area contributed by atoms with Gasteiger partial charge in [0.2, 0.25) is 0 Å². The second-order valence-corrected chi connectivity index (χ2v) is 6.85. The van der Waals surface area contributed by atoms with Gasteiger partial charge in [-0.3, -0.25) is 0 Å². The van der Waals surface area contributed by atoms with Crippen molar-refractivity contribution in [3.05, 3.63) is 70.4 Å². The number of likely N-dealkylation sites (N-methyl/N-ethyl adjacent to an activating group) is 1. The third-order valence-electron chi connectivity index (χ3n) is 3.93. The van der Waals surface area contributed by atoms with Crippen LogP contribution in [0.25, 0.3) is 11.3 Å². The molecule has 0 fully saturated rings. The lowest BCUT2D eigenvalue weighted by atomic mass is 10.1. The van der Waals surface area contributed by atoms with Crippen molar-refractivity contribution >= 4 is 11.3 Å². The summed E-state index contributed by atoms with van der Waals surface area (Å²) in [6.07, 6.45) is 0. The van der Waals surface area contributed by atoms with E-state index in [0.29, 0.717) is 23.9 Å². The van der Waals surface area contributed by atoms with Gasteiger partial charge in [-0.25, -0.2) is 4.39 Å². The van der Waals surface area contributed by atoms with Crippen LogP contribution in [-0.4, -0.2) is 25.5 Å². The van der Waals surface area contributed by atoms with Gasteiger partial charge in [0.25, 0.3) is 0 Å². The topological polar surface area (TPSA) is 28.4 Å². The van der Waals surface area contributed by atoms with E-state index in [2.05, 4.69) is 41.8 Å². The number of nitrogens with zero attached hydrogens (tertiary/aromatic N) is 1. The van der Waals surface area contributed by atoms with Crippen molar-refractivity contribution in [2.75, 3.05) is 20.6 Å². The molecule has 0 saturated carbocycles. The molecule has 1 N–H and O–H groups in total. The number of nitrogens with one attached hydrogen (secondary N) is 1.